The molecule has 0 aliphatic carbocycles. The van der Waals surface area contributed by atoms with Gasteiger partial charge in [-0.1, -0.05) is 6.07 Å². The van der Waals surface area contributed by atoms with Gasteiger partial charge in [0.15, 0.2) is 0 Å². The quantitative estimate of drug-likeness (QED) is 0.913. The molecule has 1 saturated heterocycles. The highest BCUT2D eigenvalue weighted by Crippen LogP contribution is 2.22. The molecule has 2 aromatic rings. The van der Waals surface area contributed by atoms with Crippen LogP contribution in [0.15, 0.2) is 41.8 Å². The van der Waals surface area contributed by atoms with E-state index in [0.29, 0.717) is 37.4 Å². The Balaban J connectivity index is 1.63. The number of carbonyl (C=O) groups is 2. The van der Waals surface area contributed by atoms with Crippen molar-refractivity contribution < 1.29 is 14.3 Å². The fourth-order valence-electron chi connectivity index (χ4n) is 2.86. The Hall–Kier alpha value is -2.18. The highest BCUT2D eigenvalue weighted by Gasteiger charge is 2.34. The first kappa shape index (κ1) is 17.6. The van der Waals surface area contributed by atoms with Crippen LogP contribution in [-0.4, -0.2) is 42.0 Å². The van der Waals surface area contributed by atoms with Crippen LogP contribution in [0.4, 0.5) is 5.69 Å². The maximum absolute atomic E-state index is 12.7. The predicted octanol–water partition coefficient (Wildman–Crippen LogP) is 3.18. The molecule has 0 bridgehead atoms. The van der Waals surface area contributed by atoms with Crippen molar-refractivity contribution in [3.8, 4) is 0 Å². The second-order valence-corrected chi connectivity index (χ2v) is 7.74. The molecule has 25 heavy (non-hydrogen) atoms. The van der Waals surface area contributed by atoms with Crippen molar-refractivity contribution in [2.24, 2.45) is 0 Å². The van der Waals surface area contributed by atoms with Crippen molar-refractivity contribution in [2.75, 3.05) is 25.1 Å². The number of benzene rings is 1. The SMILES string of the molecule is CC1(C)COCCN1C(=O)c1ccc(NC(=O)Cc2cccs2)cc1. The molecule has 5 nitrogen and oxygen atoms in total. The number of carbonyl (C=O) groups excluding carboxylic acids is 2. The Bertz CT molecular complexity index is 739. The van der Waals surface area contributed by atoms with E-state index in [1.807, 2.05) is 36.3 Å². The van der Waals surface area contributed by atoms with Crippen LogP contribution in [0.1, 0.15) is 29.1 Å². The van der Waals surface area contributed by atoms with Crippen LogP contribution in [0, 0.1) is 0 Å². The van der Waals surface area contributed by atoms with Gasteiger partial charge < -0.3 is 15.0 Å². The first-order valence-corrected chi connectivity index (χ1v) is 9.16. The van der Waals surface area contributed by atoms with Gasteiger partial charge >= 0.3 is 0 Å². The number of anilines is 1. The van der Waals surface area contributed by atoms with Gasteiger partial charge in [0, 0.05) is 22.7 Å². The summed E-state index contributed by atoms with van der Waals surface area (Å²) in [6, 6.07) is 10.9. The number of amides is 2. The summed E-state index contributed by atoms with van der Waals surface area (Å²) in [4.78, 5) is 27.7. The lowest BCUT2D eigenvalue weighted by Gasteiger charge is -2.42. The second kappa shape index (κ2) is 7.37. The van der Waals surface area contributed by atoms with E-state index >= 15 is 0 Å². The van der Waals surface area contributed by atoms with Gasteiger partial charge in [0.05, 0.1) is 25.2 Å². The van der Waals surface area contributed by atoms with E-state index < -0.39 is 0 Å². The fraction of sp³-hybridized carbons (Fsp3) is 0.368. The van der Waals surface area contributed by atoms with Gasteiger partial charge in [-0.05, 0) is 49.6 Å². The van der Waals surface area contributed by atoms with Crippen molar-refractivity contribution in [1.82, 2.24) is 4.90 Å². The molecule has 2 heterocycles. The monoisotopic (exact) mass is 358 g/mol. The zero-order chi connectivity index (χ0) is 17.9. The Morgan fingerprint density at radius 3 is 2.64 bits per heavy atom. The molecular formula is C19H22N2O3S. The fourth-order valence-corrected chi connectivity index (χ4v) is 3.57. The zero-order valence-electron chi connectivity index (χ0n) is 14.5. The minimum Gasteiger partial charge on any atom is -0.377 e. The van der Waals surface area contributed by atoms with E-state index in [1.165, 1.54) is 0 Å². The number of rotatable bonds is 4. The summed E-state index contributed by atoms with van der Waals surface area (Å²) in [5.74, 6) is -0.0689. The highest BCUT2D eigenvalue weighted by molar-refractivity contribution is 7.10. The van der Waals surface area contributed by atoms with Gasteiger partial charge in [0.25, 0.3) is 5.91 Å². The van der Waals surface area contributed by atoms with Crippen LogP contribution in [0.2, 0.25) is 0 Å². The Morgan fingerprint density at radius 2 is 2.00 bits per heavy atom. The van der Waals surface area contributed by atoms with Crippen molar-refractivity contribution in [2.45, 2.75) is 25.8 Å². The highest BCUT2D eigenvalue weighted by atomic mass is 32.1. The van der Waals surface area contributed by atoms with Crippen molar-refractivity contribution in [1.29, 1.82) is 0 Å². The number of ether oxygens (including phenoxy) is 1. The molecule has 0 radical (unpaired) electrons. The summed E-state index contributed by atoms with van der Waals surface area (Å²) in [5, 5.41) is 4.82. The van der Waals surface area contributed by atoms with E-state index in [4.69, 9.17) is 4.74 Å². The maximum atomic E-state index is 12.7. The Labute approximate surface area is 151 Å². The maximum Gasteiger partial charge on any atom is 0.254 e. The predicted molar refractivity (Wildman–Crippen MR) is 99.0 cm³/mol. The molecule has 6 heteroatoms. The van der Waals surface area contributed by atoms with E-state index in [1.54, 1.807) is 35.6 Å². The molecule has 1 N–H and O–H groups in total. The third kappa shape index (κ3) is 4.27. The lowest BCUT2D eigenvalue weighted by molar-refractivity contribution is -0.115. The average molecular weight is 358 g/mol. The molecule has 2 amide bonds. The Morgan fingerprint density at radius 1 is 1.24 bits per heavy atom. The summed E-state index contributed by atoms with van der Waals surface area (Å²) in [7, 11) is 0. The summed E-state index contributed by atoms with van der Waals surface area (Å²) >= 11 is 1.56. The smallest absolute Gasteiger partial charge is 0.254 e. The van der Waals surface area contributed by atoms with Gasteiger partial charge in [-0.2, -0.15) is 0 Å². The summed E-state index contributed by atoms with van der Waals surface area (Å²) in [6.07, 6.45) is 0.361. The number of nitrogens with one attached hydrogen (secondary N) is 1. The van der Waals surface area contributed by atoms with E-state index in [9.17, 15) is 9.59 Å². The lowest BCUT2D eigenvalue weighted by atomic mass is 10.0. The minimum absolute atomic E-state index is 0.00948. The standard InChI is InChI=1S/C19H22N2O3S/c1-19(2)13-24-10-9-21(19)18(23)14-5-7-15(8-6-14)20-17(22)12-16-4-3-11-25-16/h3-8,11H,9-10,12-13H2,1-2H3,(H,20,22). The van der Waals surface area contributed by atoms with E-state index in [2.05, 4.69) is 5.32 Å². The van der Waals surface area contributed by atoms with Crippen molar-refractivity contribution >= 4 is 28.8 Å². The lowest BCUT2D eigenvalue weighted by Crippen LogP contribution is -2.55. The largest absolute Gasteiger partial charge is 0.377 e. The molecule has 0 spiro atoms. The molecule has 3 rings (SSSR count). The van der Waals surface area contributed by atoms with Gasteiger partial charge in [0.1, 0.15) is 0 Å². The average Bonchev–Trinajstić information content (AvgIpc) is 3.07. The van der Waals surface area contributed by atoms with Crippen LogP contribution in [-0.2, 0) is 16.0 Å². The normalized spacial score (nSPS) is 16.5. The van der Waals surface area contributed by atoms with Crippen LogP contribution >= 0.6 is 11.3 Å². The molecule has 1 aromatic carbocycles. The summed E-state index contributed by atoms with van der Waals surface area (Å²) in [6.45, 7) is 5.69. The molecular weight excluding hydrogens is 336 g/mol. The molecule has 0 unspecified atom stereocenters. The van der Waals surface area contributed by atoms with E-state index in [0.717, 1.165) is 4.88 Å². The summed E-state index contributed by atoms with van der Waals surface area (Å²) < 4.78 is 5.47. The molecule has 1 aliphatic rings. The second-order valence-electron chi connectivity index (χ2n) is 6.70. The number of hydrogen-bond donors (Lipinski definition) is 1. The van der Waals surface area contributed by atoms with Gasteiger partial charge in [-0.3, -0.25) is 9.59 Å². The van der Waals surface area contributed by atoms with E-state index in [-0.39, 0.29) is 17.4 Å². The Kier molecular flexibility index (Phi) is 5.20. The minimum atomic E-state index is -0.317. The first-order valence-electron chi connectivity index (χ1n) is 8.28. The molecule has 0 saturated carbocycles. The van der Waals surface area contributed by atoms with Crippen LogP contribution in [0.25, 0.3) is 0 Å². The molecule has 1 aromatic heterocycles. The topological polar surface area (TPSA) is 58.6 Å². The van der Waals surface area contributed by atoms with Crippen molar-refractivity contribution in [3.05, 3.63) is 52.2 Å². The first-order chi connectivity index (χ1) is 12.0. The summed E-state index contributed by atoms with van der Waals surface area (Å²) in [5.41, 5.74) is 0.994. The van der Waals surface area contributed by atoms with Gasteiger partial charge in [-0.15, -0.1) is 11.3 Å². The van der Waals surface area contributed by atoms with Crippen LogP contribution in [0.3, 0.4) is 0 Å². The number of hydrogen-bond acceptors (Lipinski definition) is 4. The van der Waals surface area contributed by atoms with Crippen molar-refractivity contribution in [3.63, 3.8) is 0 Å². The molecule has 132 valence electrons. The third-order valence-corrected chi connectivity index (χ3v) is 5.10. The van der Waals surface area contributed by atoms with Gasteiger partial charge in [0.2, 0.25) is 5.91 Å². The van der Waals surface area contributed by atoms with Crippen LogP contribution < -0.4 is 5.32 Å². The molecule has 0 atom stereocenters. The third-order valence-electron chi connectivity index (χ3n) is 4.22. The van der Waals surface area contributed by atoms with Gasteiger partial charge in [-0.25, -0.2) is 0 Å². The molecule has 1 aliphatic heterocycles. The zero-order valence-corrected chi connectivity index (χ0v) is 15.3. The number of morpholine rings is 1. The van der Waals surface area contributed by atoms with Crippen LogP contribution in [0.5, 0.6) is 0 Å². The number of thiophene rings is 1. The molecule has 1 fully saturated rings. The number of nitrogens with zero attached hydrogens (tertiary/aromatic N) is 1.